The molecule has 0 aliphatic carbocycles. The molecule has 0 spiro atoms. The summed E-state index contributed by atoms with van der Waals surface area (Å²) < 4.78 is 6.20. The molecule has 2 aromatic rings. The molecule has 3 rings (SSSR count). The molecular weight excluding hydrogens is 385 g/mol. The van der Waals surface area contributed by atoms with E-state index in [1.165, 1.54) is 11.8 Å². The molecular formula is C17H11Cl2NO2S2. The second-order valence-corrected chi connectivity index (χ2v) is 7.44. The van der Waals surface area contributed by atoms with E-state index in [1.54, 1.807) is 24.3 Å². The third kappa shape index (κ3) is 4.11. The van der Waals surface area contributed by atoms with Crippen molar-refractivity contribution in [1.29, 1.82) is 0 Å². The van der Waals surface area contributed by atoms with E-state index < -0.39 is 0 Å². The predicted molar refractivity (Wildman–Crippen MR) is 104 cm³/mol. The Morgan fingerprint density at radius 1 is 1.12 bits per heavy atom. The number of thiocarbonyl (C=S) groups is 1. The van der Waals surface area contributed by atoms with Gasteiger partial charge in [-0.1, -0.05) is 65.4 Å². The van der Waals surface area contributed by atoms with Crippen LogP contribution in [0.1, 0.15) is 11.1 Å². The zero-order valence-corrected chi connectivity index (χ0v) is 15.4. The number of amides is 1. The zero-order chi connectivity index (χ0) is 17.1. The highest BCUT2D eigenvalue weighted by molar-refractivity contribution is 8.26. The Labute approximate surface area is 159 Å². The maximum Gasteiger partial charge on any atom is 0.263 e. The van der Waals surface area contributed by atoms with E-state index in [0.29, 0.717) is 25.0 Å². The fraction of sp³-hybridized carbons (Fsp3) is 0.0588. The van der Waals surface area contributed by atoms with Gasteiger partial charge in [-0.15, -0.1) is 0 Å². The first-order chi connectivity index (χ1) is 11.5. The van der Waals surface area contributed by atoms with E-state index in [1.807, 2.05) is 24.3 Å². The summed E-state index contributed by atoms with van der Waals surface area (Å²) in [4.78, 5) is 12.2. The van der Waals surface area contributed by atoms with E-state index in [9.17, 15) is 4.79 Å². The molecule has 2 aromatic carbocycles. The standard InChI is InChI=1S/C17H11Cl2NO2S2/c18-13-2-1-3-14(19)12(13)9-22-11-6-4-10(5-7-11)8-15-16(21)20-17(23)24-15/h1-8H,9H2,(H,20,21,23). The van der Waals surface area contributed by atoms with E-state index in [4.69, 9.17) is 40.2 Å². The number of carbonyl (C=O) groups is 1. The average molecular weight is 396 g/mol. The van der Waals surface area contributed by atoms with Gasteiger partial charge in [0.15, 0.2) is 0 Å². The van der Waals surface area contributed by atoms with E-state index in [-0.39, 0.29) is 12.5 Å². The van der Waals surface area contributed by atoms with Crippen LogP contribution in [0, 0.1) is 0 Å². The Bertz CT molecular complexity index is 815. The van der Waals surface area contributed by atoms with Gasteiger partial charge in [-0.25, -0.2) is 0 Å². The summed E-state index contributed by atoms with van der Waals surface area (Å²) in [6, 6.07) is 12.7. The van der Waals surface area contributed by atoms with Crippen molar-refractivity contribution < 1.29 is 9.53 Å². The number of thioether (sulfide) groups is 1. The first-order valence-corrected chi connectivity index (χ1v) is 8.91. The lowest BCUT2D eigenvalue weighted by Gasteiger charge is -2.09. The molecule has 1 amide bonds. The lowest BCUT2D eigenvalue weighted by molar-refractivity contribution is -0.115. The molecule has 7 heteroatoms. The van der Waals surface area contributed by atoms with Crippen molar-refractivity contribution in [2.24, 2.45) is 0 Å². The fourth-order valence-electron chi connectivity index (χ4n) is 2.06. The summed E-state index contributed by atoms with van der Waals surface area (Å²) in [6.45, 7) is 0.283. The lowest BCUT2D eigenvalue weighted by Crippen LogP contribution is -2.17. The average Bonchev–Trinajstić information content (AvgIpc) is 2.86. The molecule has 122 valence electrons. The summed E-state index contributed by atoms with van der Waals surface area (Å²) in [5.41, 5.74) is 1.64. The van der Waals surface area contributed by atoms with Crippen molar-refractivity contribution in [3.05, 3.63) is 68.5 Å². The van der Waals surface area contributed by atoms with Crippen molar-refractivity contribution in [2.45, 2.75) is 6.61 Å². The second-order valence-electron chi connectivity index (χ2n) is 4.91. The first-order valence-electron chi connectivity index (χ1n) is 6.93. The molecule has 0 atom stereocenters. The third-order valence-electron chi connectivity index (χ3n) is 3.26. The molecule has 1 heterocycles. The number of ether oxygens (including phenoxy) is 1. The van der Waals surface area contributed by atoms with E-state index in [0.717, 1.165) is 11.1 Å². The molecule has 0 unspecified atom stereocenters. The van der Waals surface area contributed by atoms with Crippen LogP contribution in [-0.2, 0) is 11.4 Å². The van der Waals surface area contributed by atoms with Crippen LogP contribution < -0.4 is 10.1 Å². The smallest absolute Gasteiger partial charge is 0.263 e. The molecule has 1 aliphatic rings. The van der Waals surface area contributed by atoms with E-state index >= 15 is 0 Å². The van der Waals surface area contributed by atoms with Crippen molar-refractivity contribution in [3.63, 3.8) is 0 Å². The monoisotopic (exact) mass is 395 g/mol. The van der Waals surface area contributed by atoms with Gasteiger partial charge in [0, 0.05) is 15.6 Å². The van der Waals surface area contributed by atoms with Gasteiger partial charge in [0.1, 0.15) is 16.7 Å². The Morgan fingerprint density at radius 2 is 1.79 bits per heavy atom. The SMILES string of the molecule is O=C1NC(=S)SC1=Cc1ccc(OCc2c(Cl)cccc2Cl)cc1. The number of halogens is 2. The van der Waals surface area contributed by atoms with Gasteiger partial charge in [-0.3, -0.25) is 4.79 Å². The fourth-order valence-corrected chi connectivity index (χ4v) is 3.61. The number of benzene rings is 2. The highest BCUT2D eigenvalue weighted by Gasteiger charge is 2.21. The number of nitrogens with one attached hydrogen (secondary N) is 1. The van der Waals surface area contributed by atoms with Crippen LogP contribution >= 0.6 is 47.2 Å². The molecule has 1 N–H and O–H groups in total. The van der Waals surface area contributed by atoms with Crippen molar-refractivity contribution >= 4 is 63.5 Å². The molecule has 0 aromatic heterocycles. The van der Waals surface area contributed by atoms with Crippen LogP contribution in [-0.4, -0.2) is 10.2 Å². The van der Waals surface area contributed by atoms with E-state index in [2.05, 4.69) is 5.32 Å². The van der Waals surface area contributed by atoms with Crippen molar-refractivity contribution in [1.82, 2.24) is 5.32 Å². The van der Waals surface area contributed by atoms with Crippen LogP contribution in [0.4, 0.5) is 0 Å². The minimum absolute atomic E-state index is 0.168. The lowest BCUT2D eigenvalue weighted by atomic mass is 10.2. The van der Waals surface area contributed by atoms with Crippen LogP contribution in [0.2, 0.25) is 10.0 Å². The number of hydrogen-bond acceptors (Lipinski definition) is 4. The molecule has 1 fully saturated rings. The van der Waals surface area contributed by atoms with Gasteiger partial charge < -0.3 is 10.1 Å². The van der Waals surface area contributed by atoms with Gasteiger partial charge in [0.05, 0.1) is 4.91 Å². The third-order valence-corrected chi connectivity index (χ3v) is 5.14. The molecule has 24 heavy (non-hydrogen) atoms. The summed E-state index contributed by atoms with van der Waals surface area (Å²) >= 11 is 18.5. The van der Waals surface area contributed by atoms with Crippen molar-refractivity contribution in [3.8, 4) is 5.75 Å². The zero-order valence-electron chi connectivity index (χ0n) is 12.2. The first kappa shape index (κ1) is 17.3. The molecule has 1 saturated heterocycles. The van der Waals surface area contributed by atoms with Gasteiger partial charge in [-0.2, -0.15) is 0 Å². The molecule has 0 saturated carbocycles. The van der Waals surface area contributed by atoms with Crippen LogP contribution in [0.5, 0.6) is 5.75 Å². The summed E-state index contributed by atoms with van der Waals surface area (Å²) in [6.07, 6.45) is 1.79. The van der Waals surface area contributed by atoms with Gasteiger partial charge in [-0.05, 0) is 35.9 Å². The number of carbonyl (C=O) groups excluding carboxylic acids is 1. The minimum atomic E-state index is -0.168. The molecule has 0 radical (unpaired) electrons. The number of hydrogen-bond donors (Lipinski definition) is 1. The maximum absolute atomic E-state index is 11.6. The van der Waals surface area contributed by atoms with Crippen LogP contribution in [0.3, 0.4) is 0 Å². The highest BCUT2D eigenvalue weighted by Crippen LogP contribution is 2.28. The summed E-state index contributed by atoms with van der Waals surface area (Å²) in [5, 5.41) is 3.73. The van der Waals surface area contributed by atoms with Gasteiger partial charge in [0.2, 0.25) is 0 Å². The topological polar surface area (TPSA) is 38.3 Å². The Balaban J connectivity index is 1.68. The van der Waals surface area contributed by atoms with Crippen LogP contribution in [0.15, 0.2) is 47.4 Å². The molecule has 0 bridgehead atoms. The quantitative estimate of drug-likeness (QED) is 0.579. The molecule has 1 aliphatic heterocycles. The van der Waals surface area contributed by atoms with Crippen LogP contribution in [0.25, 0.3) is 6.08 Å². The van der Waals surface area contributed by atoms with Crippen molar-refractivity contribution in [2.75, 3.05) is 0 Å². The van der Waals surface area contributed by atoms with Gasteiger partial charge >= 0.3 is 0 Å². The molecule has 3 nitrogen and oxygen atoms in total. The highest BCUT2D eigenvalue weighted by atomic mass is 35.5. The Morgan fingerprint density at radius 3 is 2.38 bits per heavy atom. The van der Waals surface area contributed by atoms with Gasteiger partial charge in [0.25, 0.3) is 5.91 Å². The summed E-state index contributed by atoms with van der Waals surface area (Å²) in [5.74, 6) is 0.519. The second kappa shape index (κ2) is 7.57. The maximum atomic E-state index is 11.6. The Kier molecular flexibility index (Phi) is 5.46. The Hall–Kier alpha value is -1.53. The normalized spacial score (nSPS) is 15.7. The number of rotatable bonds is 4. The largest absolute Gasteiger partial charge is 0.489 e. The summed E-state index contributed by atoms with van der Waals surface area (Å²) in [7, 11) is 0. The minimum Gasteiger partial charge on any atom is -0.489 e. The predicted octanol–water partition coefficient (Wildman–Crippen LogP) is 5.06.